The molecule has 0 spiro atoms. The molecule has 1 heterocycles. The summed E-state index contributed by atoms with van der Waals surface area (Å²) in [5.74, 6) is 0.338. The van der Waals surface area contributed by atoms with Crippen LogP contribution < -0.4 is 5.32 Å². The van der Waals surface area contributed by atoms with E-state index in [4.69, 9.17) is 0 Å². The van der Waals surface area contributed by atoms with E-state index in [9.17, 15) is 4.39 Å². The van der Waals surface area contributed by atoms with Gasteiger partial charge in [0.05, 0.1) is 5.39 Å². The Bertz CT molecular complexity index is 435. The summed E-state index contributed by atoms with van der Waals surface area (Å²) in [5.41, 5.74) is 0. The Hall–Kier alpha value is -1.64. The van der Waals surface area contributed by atoms with Crippen LogP contribution in [-0.2, 0) is 0 Å². The molecule has 0 unspecified atom stereocenters. The van der Waals surface area contributed by atoms with Gasteiger partial charge in [-0.3, -0.25) is 0 Å². The summed E-state index contributed by atoms with van der Waals surface area (Å²) in [6.07, 6.45) is 1.66. The Labute approximate surface area is 75.4 Å². The normalized spacial score (nSPS) is 10.3. The highest BCUT2D eigenvalue weighted by Crippen LogP contribution is 2.23. The van der Waals surface area contributed by atoms with Crippen LogP contribution in [-0.4, -0.2) is 12.0 Å². The van der Waals surface area contributed by atoms with E-state index in [2.05, 4.69) is 10.3 Å². The van der Waals surface area contributed by atoms with Gasteiger partial charge in [-0.2, -0.15) is 0 Å². The number of aromatic nitrogens is 1. The zero-order chi connectivity index (χ0) is 9.26. The maximum atomic E-state index is 13.4. The van der Waals surface area contributed by atoms with Crippen molar-refractivity contribution in [3.8, 4) is 0 Å². The predicted molar refractivity (Wildman–Crippen MR) is 51.2 cm³/mol. The summed E-state index contributed by atoms with van der Waals surface area (Å²) in [6.45, 7) is 0. The molecule has 0 radical (unpaired) electrons. The molecule has 0 bridgehead atoms. The SMILES string of the molecule is CNc1nccc2cccc(F)c12. The molecule has 13 heavy (non-hydrogen) atoms. The van der Waals surface area contributed by atoms with Crippen molar-refractivity contribution in [2.75, 3.05) is 12.4 Å². The highest BCUT2D eigenvalue weighted by molar-refractivity contribution is 5.92. The van der Waals surface area contributed by atoms with Crippen molar-refractivity contribution in [1.82, 2.24) is 4.98 Å². The van der Waals surface area contributed by atoms with Crippen LogP contribution in [0.1, 0.15) is 0 Å². The molecular weight excluding hydrogens is 167 g/mol. The molecule has 66 valence electrons. The molecule has 2 rings (SSSR count). The molecule has 0 aliphatic rings. The Kier molecular flexibility index (Phi) is 1.85. The van der Waals surface area contributed by atoms with E-state index >= 15 is 0 Å². The topological polar surface area (TPSA) is 24.9 Å². The van der Waals surface area contributed by atoms with Gasteiger partial charge in [-0.1, -0.05) is 12.1 Å². The van der Waals surface area contributed by atoms with E-state index in [1.165, 1.54) is 6.07 Å². The standard InChI is InChI=1S/C10H9FN2/c1-12-10-9-7(5-6-13-10)3-2-4-8(9)11/h2-6H,1H3,(H,12,13). The van der Waals surface area contributed by atoms with E-state index in [-0.39, 0.29) is 5.82 Å². The average Bonchev–Trinajstić information content (AvgIpc) is 2.17. The van der Waals surface area contributed by atoms with Crippen LogP contribution in [0.2, 0.25) is 0 Å². The number of fused-ring (bicyclic) bond motifs is 1. The molecule has 1 aromatic heterocycles. The number of nitrogens with zero attached hydrogens (tertiary/aromatic N) is 1. The quantitative estimate of drug-likeness (QED) is 0.721. The van der Waals surface area contributed by atoms with Crippen molar-refractivity contribution in [3.63, 3.8) is 0 Å². The highest BCUT2D eigenvalue weighted by Gasteiger charge is 2.04. The van der Waals surface area contributed by atoms with Gasteiger partial charge in [-0.15, -0.1) is 0 Å². The lowest BCUT2D eigenvalue weighted by atomic mass is 10.1. The van der Waals surface area contributed by atoms with Gasteiger partial charge in [0.1, 0.15) is 11.6 Å². The number of nitrogens with one attached hydrogen (secondary N) is 1. The molecule has 0 saturated carbocycles. The monoisotopic (exact) mass is 176 g/mol. The second-order valence-electron chi connectivity index (χ2n) is 2.75. The number of halogens is 1. The Morgan fingerprint density at radius 2 is 2.15 bits per heavy atom. The van der Waals surface area contributed by atoms with Crippen LogP contribution in [0, 0.1) is 5.82 Å². The zero-order valence-electron chi connectivity index (χ0n) is 7.21. The number of hydrogen-bond donors (Lipinski definition) is 1. The zero-order valence-corrected chi connectivity index (χ0v) is 7.21. The lowest BCUT2D eigenvalue weighted by Crippen LogP contribution is -1.94. The van der Waals surface area contributed by atoms with Crippen LogP contribution in [0.5, 0.6) is 0 Å². The molecule has 2 aromatic rings. The van der Waals surface area contributed by atoms with Crippen molar-refractivity contribution in [3.05, 3.63) is 36.3 Å². The largest absolute Gasteiger partial charge is 0.373 e. The van der Waals surface area contributed by atoms with Crippen molar-refractivity contribution >= 4 is 16.6 Å². The maximum Gasteiger partial charge on any atom is 0.136 e. The summed E-state index contributed by atoms with van der Waals surface area (Å²) in [5, 5.41) is 4.27. The van der Waals surface area contributed by atoms with Crippen molar-refractivity contribution < 1.29 is 4.39 Å². The number of pyridine rings is 1. The molecular formula is C10H9FN2. The molecule has 0 aliphatic carbocycles. The highest BCUT2D eigenvalue weighted by atomic mass is 19.1. The molecule has 0 saturated heterocycles. The van der Waals surface area contributed by atoms with Gasteiger partial charge in [0.25, 0.3) is 0 Å². The summed E-state index contributed by atoms with van der Waals surface area (Å²) in [7, 11) is 1.73. The summed E-state index contributed by atoms with van der Waals surface area (Å²) < 4.78 is 13.4. The molecule has 0 amide bonds. The van der Waals surface area contributed by atoms with Gasteiger partial charge in [-0.05, 0) is 17.5 Å². The molecule has 0 fully saturated rings. The first kappa shape index (κ1) is 7.98. The van der Waals surface area contributed by atoms with Gasteiger partial charge < -0.3 is 5.32 Å². The smallest absolute Gasteiger partial charge is 0.136 e. The first-order chi connectivity index (χ1) is 6.33. The van der Waals surface area contributed by atoms with Gasteiger partial charge in [-0.25, -0.2) is 9.37 Å². The van der Waals surface area contributed by atoms with Gasteiger partial charge in [0, 0.05) is 13.2 Å². The number of benzene rings is 1. The lowest BCUT2D eigenvalue weighted by Gasteiger charge is -2.04. The van der Waals surface area contributed by atoms with E-state index in [1.807, 2.05) is 6.07 Å². The Balaban J connectivity index is 2.87. The predicted octanol–water partition coefficient (Wildman–Crippen LogP) is 2.42. The first-order valence-electron chi connectivity index (χ1n) is 4.04. The lowest BCUT2D eigenvalue weighted by molar-refractivity contribution is 0.640. The maximum absolute atomic E-state index is 13.4. The van der Waals surface area contributed by atoms with Crippen molar-refractivity contribution in [1.29, 1.82) is 0 Å². The van der Waals surface area contributed by atoms with Crippen LogP contribution in [0.25, 0.3) is 10.8 Å². The summed E-state index contributed by atoms with van der Waals surface area (Å²) in [4.78, 5) is 4.04. The Morgan fingerprint density at radius 1 is 1.31 bits per heavy atom. The fourth-order valence-corrected chi connectivity index (χ4v) is 1.38. The summed E-state index contributed by atoms with van der Waals surface area (Å²) >= 11 is 0. The average molecular weight is 176 g/mol. The molecule has 0 atom stereocenters. The minimum Gasteiger partial charge on any atom is -0.373 e. The van der Waals surface area contributed by atoms with E-state index in [0.717, 1.165) is 5.39 Å². The molecule has 1 aromatic carbocycles. The van der Waals surface area contributed by atoms with Gasteiger partial charge in [0.2, 0.25) is 0 Å². The van der Waals surface area contributed by atoms with E-state index in [0.29, 0.717) is 11.2 Å². The third kappa shape index (κ3) is 1.22. The minimum atomic E-state index is -0.241. The van der Waals surface area contributed by atoms with Crippen molar-refractivity contribution in [2.45, 2.75) is 0 Å². The third-order valence-electron chi connectivity index (χ3n) is 1.98. The second kappa shape index (κ2) is 3.01. The van der Waals surface area contributed by atoms with Crippen LogP contribution in [0.4, 0.5) is 10.2 Å². The first-order valence-corrected chi connectivity index (χ1v) is 4.04. The molecule has 1 N–H and O–H groups in total. The third-order valence-corrected chi connectivity index (χ3v) is 1.98. The number of rotatable bonds is 1. The molecule has 2 nitrogen and oxygen atoms in total. The molecule has 0 aliphatic heterocycles. The summed E-state index contributed by atoms with van der Waals surface area (Å²) in [6, 6.07) is 6.78. The molecule has 3 heteroatoms. The van der Waals surface area contributed by atoms with Crippen LogP contribution in [0.3, 0.4) is 0 Å². The fourth-order valence-electron chi connectivity index (χ4n) is 1.38. The second-order valence-corrected chi connectivity index (χ2v) is 2.75. The minimum absolute atomic E-state index is 0.241. The fraction of sp³-hybridized carbons (Fsp3) is 0.100. The van der Waals surface area contributed by atoms with Crippen LogP contribution in [0.15, 0.2) is 30.5 Å². The van der Waals surface area contributed by atoms with E-state index in [1.54, 1.807) is 25.4 Å². The van der Waals surface area contributed by atoms with Crippen molar-refractivity contribution in [2.24, 2.45) is 0 Å². The Morgan fingerprint density at radius 3 is 2.92 bits per heavy atom. The van der Waals surface area contributed by atoms with Crippen LogP contribution >= 0.6 is 0 Å². The number of anilines is 1. The van der Waals surface area contributed by atoms with E-state index < -0.39 is 0 Å². The number of hydrogen-bond acceptors (Lipinski definition) is 2. The van der Waals surface area contributed by atoms with Gasteiger partial charge in [0.15, 0.2) is 0 Å². The van der Waals surface area contributed by atoms with Gasteiger partial charge >= 0.3 is 0 Å².